The molecule has 1 aliphatic carbocycles. The Morgan fingerprint density at radius 3 is 2.32 bits per heavy atom. The smallest absolute Gasteiger partial charge is 0.00489 e. The lowest BCUT2D eigenvalue weighted by Gasteiger charge is -2.11. The fourth-order valence-electron chi connectivity index (χ4n) is 2.87. The minimum absolute atomic E-state index is 1.08. The first kappa shape index (κ1) is 12.4. The number of rotatable bonds is 0. The van der Waals surface area contributed by atoms with Gasteiger partial charge in [-0.15, -0.1) is 0 Å². The van der Waals surface area contributed by atoms with E-state index in [-0.39, 0.29) is 0 Å². The zero-order valence-electron chi connectivity index (χ0n) is 11.4. The number of benzene rings is 2. The lowest BCUT2D eigenvalue weighted by molar-refractivity contribution is 0.520. The van der Waals surface area contributed by atoms with Gasteiger partial charge >= 0.3 is 0 Å². The van der Waals surface area contributed by atoms with E-state index in [2.05, 4.69) is 53.9 Å². The van der Waals surface area contributed by atoms with E-state index in [0.29, 0.717) is 0 Å². The van der Waals surface area contributed by atoms with Crippen LogP contribution in [0.5, 0.6) is 0 Å². The molecule has 19 heavy (non-hydrogen) atoms. The maximum Gasteiger partial charge on any atom is -0.00489 e. The Morgan fingerprint density at radius 2 is 1.63 bits per heavy atom. The molecule has 1 fully saturated rings. The van der Waals surface area contributed by atoms with E-state index in [1.165, 1.54) is 54.3 Å². The maximum absolute atomic E-state index is 3.28. The minimum Gasteiger partial charge on any atom is -0.317 e. The summed E-state index contributed by atoms with van der Waals surface area (Å²) in [5.74, 6) is 0. The van der Waals surface area contributed by atoms with Gasteiger partial charge in [-0.25, -0.2) is 0 Å². The second-order valence-corrected chi connectivity index (χ2v) is 5.28. The molecule has 1 heterocycles. The van der Waals surface area contributed by atoms with Gasteiger partial charge in [0.25, 0.3) is 0 Å². The summed E-state index contributed by atoms with van der Waals surface area (Å²) in [5, 5.41) is 6.08. The van der Waals surface area contributed by atoms with Gasteiger partial charge in [0.05, 0.1) is 0 Å². The molecule has 1 aliphatic heterocycles. The normalized spacial score (nSPS) is 16.8. The van der Waals surface area contributed by atoms with Gasteiger partial charge in [0.2, 0.25) is 0 Å². The Kier molecular flexibility index (Phi) is 3.95. The van der Waals surface area contributed by atoms with Crippen LogP contribution in [0.25, 0.3) is 16.8 Å². The number of piperidine rings is 1. The molecule has 2 aliphatic rings. The van der Waals surface area contributed by atoms with E-state index < -0.39 is 0 Å². The third-order valence-corrected chi connectivity index (χ3v) is 3.87. The highest BCUT2D eigenvalue weighted by molar-refractivity contribution is 5.94. The Morgan fingerprint density at radius 1 is 0.842 bits per heavy atom. The molecule has 0 amide bonds. The average Bonchev–Trinajstić information content (AvgIpc) is 2.51. The van der Waals surface area contributed by atoms with Crippen molar-refractivity contribution in [2.75, 3.05) is 13.1 Å². The van der Waals surface area contributed by atoms with Gasteiger partial charge in [-0.2, -0.15) is 0 Å². The molecule has 0 atom stereocenters. The number of hydrogen-bond donors (Lipinski definition) is 1. The molecule has 98 valence electrons. The summed E-state index contributed by atoms with van der Waals surface area (Å²) in [6.45, 7) is 2.50. The van der Waals surface area contributed by atoms with Crippen LogP contribution in [0.4, 0.5) is 0 Å². The summed E-state index contributed by atoms with van der Waals surface area (Å²) in [6.07, 6.45) is 9.74. The van der Waals surface area contributed by atoms with Crippen LogP contribution in [0.2, 0.25) is 0 Å². The molecular weight excluding hydrogens is 230 g/mol. The van der Waals surface area contributed by atoms with Crippen LogP contribution in [0.3, 0.4) is 0 Å². The first-order chi connectivity index (χ1) is 9.45. The van der Waals surface area contributed by atoms with Gasteiger partial charge in [-0.3, -0.25) is 0 Å². The lowest BCUT2D eigenvalue weighted by Crippen LogP contribution is -2.21. The quantitative estimate of drug-likeness (QED) is 0.741. The van der Waals surface area contributed by atoms with Crippen LogP contribution in [0, 0.1) is 0 Å². The molecule has 1 saturated heterocycles. The molecule has 2 aromatic rings. The van der Waals surface area contributed by atoms with Gasteiger partial charge in [0, 0.05) is 0 Å². The van der Waals surface area contributed by atoms with Crippen molar-refractivity contribution in [2.45, 2.75) is 25.7 Å². The summed E-state index contributed by atoms with van der Waals surface area (Å²) in [4.78, 5) is 0. The van der Waals surface area contributed by atoms with Crippen LogP contribution in [0.15, 0.2) is 42.5 Å². The Labute approximate surface area is 115 Å². The molecule has 2 aromatic carbocycles. The summed E-state index contributed by atoms with van der Waals surface area (Å²) >= 11 is 0. The number of nitrogens with one attached hydrogen (secondary N) is 1. The zero-order valence-corrected chi connectivity index (χ0v) is 11.4. The van der Waals surface area contributed by atoms with Crippen molar-refractivity contribution in [1.82, 2.24) is 5.32 Å². The average molecular weight is 251 g/mol. The molecule has 0 unspecified atom stereocenters. The van der Waals surface area contributed by atoms with E-state index in [0.717, 1.165) is 6.42 Å². The van der Waals surface area contributed by atoms with Crippen LogP contribution in [-0.2, 0) is 6.42 Å². The summed E-state index contributed by atoms with van der Waals surface area (Å²) in [6, 6.07) is 13.0. The van der Waals surface area contributed by atoms with Crippen molar-refractivity contribution in [2.24, 2.45) is 0 Å². The van der Waals surface area contributed by atoms with Crippen molar-refractivity contribution < 1.29 is 0 Å². The molecule has 4 rings (SSSR count). The second kappa shape index (κ2) is 6.03. The zero-order chi connectivity index (χ0) is 12.9. The van der Waals surface area contributed by atoms with Gasteiger partial charge in [-0.1, -0.05) is 55.0 Å². The second-order valence-electron chi connectivity index (χ2n) is 5.28. The Hall–Kier alpha value is -1.60. The predicted molar refractivity (Wildman–Crippen MR) is 83.4 cm³/mol. The fourth-order valence-corrected chi connectivity index (χ4v) is 2.87. The third kappa shape index (κ3) is 2.87. The molecule has 0 radical (unpaired) electrons. The van der Waals surface area contributed by atoms with Crippen molar-refractivity contribution in [3.05, 3.63) is 53.6 Å². The molecule has 1 heteroatoms. The highest BCUT2D eigenvalue weighted by atomic mass is 14.9. The molecule has 0 aromatic heterocycles. The molecule has 1 nitrogen and oxygen atoms in total. The highest BCUT2D eigenvalue weighted by Gasteiger charge is 2.06. The van der Waals surface area contributed by atoms with E-state index >= 15 is 0 Å². The van der Waals surface area contributed by atoms with Gasteiger partial charge in [-0.05, 0) is 54.3 Å². The van der Waals surface area contributed by atoms with E-state index in [1.807, 2.05) is 0 Å². The van der Waals surface area contributed by atoms with Crippen molar-refractivity contribution in [1.29, 1.82) is 0 Å². The van der Waals surface area contributed by atoms with Crippen LogP contribution in [0.1, 0.15) is 30.4 Å². The molecule has 0 saturated carbocycles. The highest BCUT2D eigenvalue weighted by Crippen LogP contribution is 2.27. The SMILES string of the molecule is C1=Cc2cccc3cccc(c23)C1.C1CCNCC1. The van der Waals surface area contributed by atoms with Crippen LogP contribution >= 0.6 is 0 Å². The summed E-state index contributed by atoms with van der Waals surface area (Å²) in [7, 11) is 0. The summed E-state index contributed by atoms with van der Waals surface area (Å²) in [5.41, 5.74) is 2.81. The largest absolute Gasteiger partial charge is 0.317 e. The minimum atomic E-state index is 1.08. The standard InChI is InChI=1S/C13H10.C5H11N/c1-4-10-6-2-8-12-9-3-7-11(5-1)13(10)12;1-2-4-6-5-3-1/h1-8H,9H2;6H,1-5H2. The lowest BCUT2D eigenvalue weighted by atomic mass is 9.93. The Bertz CT molecular complexity index is 563. The first-order valence-corrected chi connectivity index (χ1v) is 7.33. The van der Waals surface area contributed by atoms with Crippen LogP contribution < -0.4 is 5.32 Å². The van der Waals surface area contributed by atoms with Crippen molar-refractivity contribution in [3.63, 3.8) is 0 Å². The van der Waals surface area contributed by atoms with E-state index in [9.17, 15) is 0 Å². The van der Waals surface area contributed by atoms with Crippen molar-refractivity contribution >= 4 is 16.8 Å². The van der Waals surface area contributed by atoms with Gasteiger partial charge in [0.15, 0.2) is 0 Å². The molecule has 0 spiro atoms. The van der Waals surface area contributed by atoms with E-state index in [4.69, 9.17) is 0 Å². The number of hydrogen-bond acceptors (Lipinski definition) is 1. The molecule has 1 N–H and O–H groups in total. The van der Waals surface area contributed by atoms with Gasteiger partial charge in [0.1, 0.15) is 0 Å². The van der Waals surface area contributed by atoms with Crippen molar-refractivity contribution in [3.8, 4) is 0 Å². The van der Waals surface area contributed by atoms with Gasteiger partial charge < -0.3 is 5.32 Å². The number of allylic oxidation sites excluding steroid dienone is 1. The maximum atomic E-state index is 3.28. The van der Waals surface area contributed by atoms with E-state index in [1.54, 1.807) is 0 Å². The molecule has 0 bridgehead atoms. The monoisotopic (exact) mass is 251 g/mol. The van der Waals surface area contributed by atoms with Crippen LogP contribution in [-0.4, -0.2) is 13.1 Å². The first-order valence-electron chi connectivity index (χ1n) is 7.33. The predicted octanol–water partition coefficient (Wildman–Crippen LogP) is 4.17. The fraction of sp³-hybridized carbons (Fsp3) is 0.333. The summed E-state index contributed by atoms with van der Waals surface area (Å²) < 4.78 is 0. The third-order valence-electron chi connectivity index (χ3n) is 3.87. The Balaban J connectivity index is 0.000000155. The molecular formula is C18H21N. The topological polar surface area (TPSA) is 12.0 Å².